The fraction of sp³-hybridized carbons (Fsp3) is 0.714. The van der Waals surface area contributed by atoms with E-state index in [0.29, 0.717) is 50.0 Å². The fourth-order valence-corrected chi connectivity index (χ4v) is 8.92. The summed E-state index contributed by atoms with van der Waals surface area (Å²) in [6.45, 7) is 15.0. The molecular formula is C42H65N3O7. The Labute approximate surface area is 311 Å². The summed E-state index contributed by atoms with van der Waals surface area (Å²) in [7, 11) is 0. The predicted molar refractivity (Wildman–Crippen MR) is 203 cm³/mol. The molecule has 52 heavy (non-hydrogen) atoms. The van der Waals surface area contributed by atoms with Crippen LogP contribution in [0.3, 0.4) is 0 Å². The molecule has 0 aromatic rings. The summed E-state index contributed by atoms with van der Waals surface area (Å²) in [5.74, 6) is 0.870. The van der Waals surface area contributed by atoms with E-state index in [1.54, 1.807) is 5.57 Å². The molecule has 0 saturated heterocycles. The normalized spacial score (nSPS) is 27.1. The second-order valence-electron chi connectivity index (χ2n) is 16.4. The Kier molecular flexibility index (Phi) is 15.9. The Morgan fingerprint density at radius 3 is 2.48 bits per heavy atom. The Balaban J connectivity index is 1.08. The molecule has 4 aliphatic rings. The van der Waals surface area contributed by atoms with Crippen LogP contribution in [0.4, 0.5) is 0 Å². The molecule has 0 spiro atoms. The van der Waals surface area contributed by atoms with Gasteiger partial charge in [-0.2, -0.15) is 0 Å². The van der Waals surface area contributed by atoms with Crippen molar-refractivity contribution >= 4 is 23.6 Å². The van der Waals surface area contributed by atoms with E-state index in [0.717, 1.165) is 49.3 Å². The van der Waals surface area contributed by atoms with Crippen LogP contribution in [0.5, 0.6) is 0 Å². The molecule has 10 nitrogen and oxygen atoms in total. The number of allylic oxidation sites excluding steroid dienone is 4. The molecule has 3 saturated carbocycles. The van der Waals surface area contributed by atoms with E-state index in [9.17, 15) is 24.3 Å². The van der Waals surface area contributed by atoms with Gasteiger partial charge >= 0.3 is 0 Å². The first-order valence-corrected chi connectivity index (χ1v) is 19.8. The highest BCUT2D eigenvalue weighted by Gasteiger charge is 2.50. The molecule has 3 N–H and O–H groups in total. The van der Waals surface area contributed by atoms with Crippen LogP contribution in [0.25, 0.3) is 0 Å². The number of carbonyl (C=O) groups is 4. The Morgan fingerprint density at radius 1 is 1.04 bits per heavy atom. The largest absolute Gasteiger partial charge is 0.390 e. The highest BCUT2D eigenvalue weighted by atomic mass is 16.5. The van der Waals surface area contributed by atoms with Crippen LogP contribution < -0.4 is 10.6 Å². The van der Waals surface area contributed by atoms with Crippen molar-refractivity contribution in [2.45, 2.75) is 129 Å². The molecule has 0 radical (unpaired) electrons. The van der Waals surface area contributed by atoms with Gasteiger partial charge in [-0.1, -0.05) is 56.6 Å². The molecule has 3 fully saturated rings. The maximum Gasteiger partial charge on any atom is 0.253 e. The number of amides is 4. The average Bonchev–Trinajstić information content (AvgIpc) is 3.62. The molecule has 0 bridgehead atoms. The fourth-order valence-electron chi connectivity index (χ4n) is 8.92. The van der Waals surface area contributed by atoms with E-state index in [1.165, 1.54) is 61.8 Å². The minimum absolute atomic E-state index is 0.0435. The van der Waals surface area contributed by atoms with Crippen LogP contribution in [0.1, 0.15) is 118 Å². The molecule has 5 atom stereocenters. The molecule has 0 aromatic heterocycles. The van der Waals surface area contributed by atoms with Crippen molar-refractivity contribution in [1.29, 1.82) is 0 Å². The highest BCUT2D eigenvalue weighted by molar-refractivity contribution is 6.13. The molecule has 10 heteroatoms. The number of fused-ring (bicyclic) bond motifs is 1. The number of hydrogen-bond donors (Lipinski definition) is 3. The Bertz CT molecular complexity index is 1340. The van der Waals surface area contributed by atoms with Gasteiger partial charge in [0.2, 0.25) is 11.8 Å². The lowest BCUT2D eigenvalue weighted by atomic mass is 9.60. The van der Waals surface area contributed by atoms with Gasteiger partial charge in [-0.05, 0) is 113 Å². The summed E-state index contributed by atoms with van der Waals surface area (Å²) in [6, 6.07) is 0. The first-order chi connectivity index (χ1) is 24.8. The molecule has 4 amide bonds. The van der Waals surface area contributed by atoms with E-state index in [2.05, 4.69) is 43.2 Å². The third-order valence-corrected chi connectivity index (χ3v) is 11.8. The number of nitrogens with zero attached hydrogens (tertiary/aromatic N) is 1. The predicted octanol–water partition coefficient (Wildman–Crippen LogP) is 6.10. The van der Waals surface area contributed by atoms with Gasteiger partial charge in [0.15, 0.2) is 0 Å². The summed E-state index contributed by atoms with van der Waals surface area (Å²) >= 11 is 0. The van der Waals surface area contributed by atoms with Gasteiger partial charge in [-0.15, -0.1) is 0 Å². The number of nitrogens with one attached hydrogen (secondary N) is 2. The molecular weight excluding hydrogens is 658 g/mol. The maximum atomic E-state index is 12.2. The molecule has 0 unspecified atom stereocenters. The Morgan fingerprint density at radius 2 is 1.75 bits per heavy atom. The summed E-state index contributed by atoms with van der Waals surface area (Å²) in [5, 5.41) is 15.8. The minimum Gasteiger partial charge on any atom is -0.390 e. The minimum atomic E-state index is -0.575. The summed E-state index contributed by atoms with van der Waals surface area (Å²) in [5.41, 5.74) is 3.95. The van der Waals surface area contributed by atoms with Crippen molar-refractivity contribution in [2.24, 2.45) is 23.2 Å². The highest BCUT2D eigenvalue weighted by Crippen LogP contribution is 2.60. The summed E-state index contributed by atoms with van der Waals surface area (Å²) in [4.78, 5) is 48.2. The third kappa shape index (κ3) is 12.5. The zero-order valence-corrected chi connectivity index (χ0v) is 32.3. The molecule has 4 rings (SSSR count). The van der Waals surface area contributed by atoms with Crippen molar-refractivity contribution in [3.05, 3.63) is 47.6 Å². The standard InChI is InChI=1S/C42H65N3O7/c1-30-12-15-34(52-27-9-24-44-38(47)29-51-26-8-23-43-37(46)20-25-45-39(48)18-19-40(45)49)28-33(30)14-13-32-11-7-22-42(5)35(16-17-36(32)42)31(2)10-6-21-41(3,4)50/h13-14,18-19,31,34-36,50H,1,6-12,15-17,20-29H2,2-5H3,(H,43,46)(H,44,47)/b32-13+,33-14-/t31-,34+,35-,36+,42-/m1/s1. The summed E-state index contributed by atoms with van der Waals surface area (Å²) in [6.07, 6.45) is 21.0. The number of imide groups is 1. The van der Waals surface area contributed by atoms with Gasteiger partial charge in [-0.25, -0.2) is 0 Å². The van der Waals surface area contributed by atoms with Crippen LogP contribution in [-0.2, 0) is 28.7 Å². The molecule has 1 aliphatic heterocycles. The molecule has 0 aromatic carbocycles. The van der Waals surface area contributed by atoms with Gasteiger partial charge in [0, 0.05) is 51.4 Å². The second kappa shape index (κ2) is 19.8. The van der Waals surface area contributed by atoms with Crippen LogP contribution in [0.15, 0.2) is 47.6 Å². The van der Waals surface area contributed by atoms with Crippen LogP contribution in [-0.4, -0.2) is 84.8 Å². The van der Waals surface area contributed by atoms with Gasteiger partial charge in [0.25, 0.3) is 11.8 Å². The number of aliphatic hydroxyl groups is 1. The van der Waals surface area contributed by atoms with Crippen LogP contribution in [0.2, 0.25) is 0 Å². The van der Waals surface area contributed by atoms with Gasteiger partial charge < -0.3 is 25.2 Å². The SMILES string of the molecule is C=C1CC[C@H](OCCCNC(=O)COCCCNC(=O)CCN2C(=O)C=CC2=O)C/C1=C/C=C1\CCC[C@]2(C)[C@@H]([C@H](C)CCCC(C)(C)O)CC[C@@H]12. The van der Waals surface area contributed by atoms with E-state index < -0.39 is 17.4 Å². The van der Waals surface area contributed by atoms with Crippen molar-refractivity contribution in [3.63, 3.8) is 0 Å². The molecule has 1 heterocycles. The van der Waals surface area contributed by atoms with E-state index in [-0.39, 0.29) is 37.5 Å². The quantitative estimate of drug-likeness (QED) is 0.102. The topological polar surface area (TPSA) is 134 Å². The second-order valence-corrected chi connectivity index (χ2v) is 16.4. The number of hydrogen-bond acceptors (Lipinski definition) is 7. The van der Waals surface area contributed by atoms with Crippen LogP contribution >= 0.6 is 0 Å². The average molecular weight is 724 g/mol. The first kappa shape index (κ1) is 41.7. The number of carbonyl (C=O) groups excluding carboxylic acids is 4. The smallest absolute Gasteiger partial charge is 0.253 e. The van der Waals surface area contributed by atoms with Crippen molar-refractivity contribution in [3.8, 4) is 0 Å². The zero-order valence-electron chi connectivity index (χ0n) is 32.3. The maximum absolute atomic E-state index is 12.2. The van der Waals surface area contributed by atoms with E-state index in [1.807, 2.05) is 13.8 Å². The van der Waals surface area contributed by atoms with Crippen molar-refractivity contribution in [2.75, 3.05) is 39.5 Å². The lowest BCUT2D eigenvalue weighted by Crippen LogP contribution is -2.36. The first-order valence-electron chi connectivity index (χ1n) is 19.8. The number of rotatable bonds is 20. The summed E-state index contributed by atoms with van der Waals surface area (Å²) < 4.78 is 11.7. The van der Waals surface area contributed by atoms with Gasteiger partial charge in [0.1, 0.15) is 6.61 Å². The lowest BCUT2D eigenvalue weighted by molar-refractivity contribution is -0.137. The molecule has 290 valence electrons. The third-order valence-electron chi connectivity index (χ3n) is 11.8. The molecule has 3 aliphatic carbocycles. The van der Waals surface area contributed by atoms with Crippen molar-refractivity contribution < 1.29 is 33.8 Å². The van der Waals surface area contributed by atoms with Crippen molar-refractivity contribution in [1.82, 2.24) is 15.5 Å². The Hall–Kier alpha value is -3.08. The van der Waals surface area contributed by atoms with Crippen LogP contribution in [0, 0.1) is 23.2 Å². The monoisotopic (exact) mass is 723 g/mol. The van der Waals surface area contributed by atoms with Gasteiger partial charge in [-0.3, -0.25) is 24.1 Å². The van der Waals surface area contributed by atoms with E-state index in [4.69, 9.17) is 9.47 Å². The number of ether oxygens (including phenoxy) is 2. The van der Waals surface area contributed by atoms with Gasteiger partial charge in [0.05, 0.1) is 11.7 Å². The van der Waals surface area contributed by atoms with E-state index >= 15 is 0 Å². The lowest BCUT2D eigenvalue weighted by Gasteiger charge is -2.44. The zero-order chi connectivity index (χ0) is 37.7.